The van der Waals surface area contributed by atoms with Gasteiger partial charge in [-0.1, -0.05) is 18.2 Å². The maximum atomic E-state index is 9.26. The van der Waals surface area contributed by atoms with Crippen LogP contribution in [-0.4, -0.2) is 9.55 Å². The Morgan fingerprint density at radius 2 is 1.94 bits per heavy atom. The molecule has 0 unspecified atom stereocenters. The van der Waals surface area contributed by atoms with Crippen LogP contribution >= 0.6 is 15.9 Å². The van der Waals surface area contributed by atoms with Crippen molar-refractivity contribution in [2.24, 2.45) is 0 Å². The average Bonchev–Trinajstić information content (AvgIpc) is 2.82. The zero-order chi connectivity index (χ0) is 12.5. The minimum atomic E-state index is 0.612. The molecule has 0 aliphatic rings. The van der Waals surface area contributed by atoms with E-state index in [1.54, 1.807) is 6.33 Å². The maximum absolute atomic E-state index is 9.26. The minimum Gasteiger partial charge on any atom is -0.297 e. The second-order valence-corrected chi connectivity index (χ2v) is 4.70. The van der Waals surface area contributed by atoms with Crippen LogP contribution < -0.4 is 0 Å². The topological polar surface area (TPSA) is 41.6 Å². The van der Waals surface area contributed by atoms with Crippen molar-refractivity contribution in [2.75, 3.05) is 0 Å². The quantitative estimate of drug-likeness (QED) is 0.688. The first-order chi connectivity index (χ1) is 8.81. The Hall–Kier alpha value is -2.12. The van der Waals surface area contributed by atoms with E-state index in [0.717, 1.165) is 21.2 Å². The summed E-state index contributed by atoms with van der Waals surface area (Å²) < 4.78 is 2.72. The van der Waals surface area contributed by atoms with Gasteiger partial charge in [0.1, 0.15) is 12.4 Å². The number of halogens is 1. The van der Waals surface area contributed by atoms with Crippen LogP contribution in [-0.2, 0) is 0 Å². The van der Waals surface area contributed by atoms with E-state index in [0.29, 0.717) is 5.56 Å². The van der Waals surface area contributed by atoms with E-state index in [9.17, 15) is 5.26 Å². The summed E-state index contributed by atoms with van der Waals surface area (Å²) in [6, 6.07) is 15.8. The Morgan fingerprint density at radius 1 is 1.11 bits per heavy atom. The second kappa shape index (κ2) is 4.28. The van der Waals surface area contributed by atoms with E-state index in [2.05, 4.69) is 27.0 Å². The maximum Gasteiger partial charge on any atom is 0.103 e. The Kier molecular flexibility index (Phi) is 2.62. The molecule has 3 aromatic rings. The summed E-state index contributed by atoms with van der Waals surface area (Å²) in [6.45, 7) is 0. The molecule has 0 bridgehead atoms. The van der Waals surface area contributed by atoms with Gasteiger partial charge in [0.2, 0.25) is 0 Å². The number of hydrogen-bond acceptors (Lipinski definition) is 2. The van der Waals surface area contributed by atoms with Gasteiger partial charge in [-0.25, -0.2) is 4.98 Å². The molecule has 0 N–H and O–H groups in total. The van der Waals surface area contributed by atoms with Gasteiger partial charge in [-0.05, 0) is 40.2 Å². The van der Waals surface area contributed by atoms with Crippen LogP contribution in [0.4, 0.5) is 0 Å². The summed E-state index contributed by atoms with van der Waals surface area (Å²) in [7, 11) is 0. The largest absolute Gasteiger partial charge is 0.297 e. The molecule has 2 aromatic carbocycles. The lowest BCUT2D eigenvalue weighted by Gasteiger charge is -2.07. The number of para-hydroxylation sites is 2. The number of imidazole rings is 1. The first-order valence-corrected chi connectivity index (χ1v) is 6.21. The fraction of sp³-hybridized carbons (Fsp3) is 0. The SMILES string of the molecule is N#Cc1c(Br)cccc1-n1cnc2ccccc21. The van der Waals surface area contributed by atoms with E-state index in [1.807, 2.05) is 47.0 Å². The Labute approximate surface area is 112 Å². The molecule has 3 rings (SSSR count). The molecule has 0 saturated carbocycles. The molecule has 86 valence electrons. The molecule has 0 aliphatic heterocycles. The zero-order valence-electron chi connectivity index (χ0n) is 9.34. The molecular weight excluding hydrogens is 290 g/mol. The number of fused-ring (bicyclic) bond motifs is 1. The van der Waals surface area contributed by atoms with Crippen LogP contribution in [0.2, 0.25) is 0 Å². The molecule has 0 amide bonds. The third-order valence-corrected chi connectivity index (χ3v) is 3.48. The normalized spacial score (nSPS) is 10.4. The molecule has 1 heterocycles. The first kappa shape index (κ1) is 11.0. The van der Waals surface area contributed by atoms with Gasteiger partial charge in [0.05, 0.1) is 22.3 Å². The number of aromatic nitrogens is 2. The molecule has 0 atom stereocenters. The van der Waals surface area contributed by atoms with Gasteiger partial charge < -0.3 is 0 Å². The average molecular weight is 298 g/mol. The summed E-state index contributed by atoms with van der Waals surface area (Å²) >= 11 is 3.40. The van der Waals surface area contributed by atoms with Crippen molar-refractivity contribution in [1.82, 2.24) is 9.55 Å². The smallest absolute Gasteiger partial charge is 0.103 e. The van der Waals surface area contributed by atoms with E-state index < -0.39 is 0 Å². The number of nitrogens with zero attached hydrogens (tertiary/aromatic N) is 3. The molecule has 1 aromatic heterocycles. The molecule has 0 radical (unpaired) electrons. The summed E-state index contributed by atoms with van der Waals surface area (Å²) in [6.07, 6.45) is 1.74. The van der Waals surface area contributed by atoms with Crippen molar-refractivity contribution >= 4 is 27.0 Å². The summed E-state index contributed by atoms with van der Waals surface area (Å²) in [4.78, 5) is 4.34. The van der Waals surface area contributed by atoms with Crippen molar-refractivity contribution < 1.29 is 0 Å². The van der Waals surface area contributed by atoms with Gasteiger partial charge in [0.15, 0.2) is 0 Å². The van der Waals surface area contributed by atoms with Crippen LogP contribution in [0.25, 0.3) is 16.7 Å². The summed E-state index contributed by atoms with van der Waals surface area (Å²) in [5.74, 6) is 0. The van der Waals surface area contributed by atoms with E-state index >= 15 is 0 Å². The van der Waals surface area contributed by atoms with Gasteiger partial charge in [-0.2, -0.15) is 5.26 Å². The predicted octanol–water partition coefficient (Wildman–Crippen LogP) is 3.66. The van der Waals surface area contributed by atoms with Gasteiger partial charge in [0, 0.05) is 4.47 Å². The van der Waals surface area contributed by atoms with Gasteiger partial charge >= 0.3 is 0 Å². The zero-order valence-corrected chi connectivity index (χ0v) is 10.9. The van der Waals surface area contributed by atoms with E-state index in [1.165, 1.54) is 0 Å². The molecule has 0 aliphatic carbocycles. The highest BCUT2D eigenvalue weighted by Gasteiger charge is 2.10. The Bertz CT molecular complexity index is 768. The predicted molar refractivity (Wildman–Crippen MR) is 73.5 cm³/mol. The first-order valence-electron chi connectivity index (χ1n) is 5.42. The molecule has 0 fully saturated rings. The fourth-order valence-electron chi connectivity index (χ4n) is 1.98. The van der Waals surface area contributed by atoms with Crippen molar-refractivity contribution in [3.63, 3.8) is 0 Å². The van der Waals surface area contributed by atoms with E-state index in [4.69, 9.17) is 0 Å². The number of hydrogen-bond donors (Lipinski definition) is 0. The van der Waals surface area contributed by atoms with E-state index in [-0.39, 0.29) is 0 Å². The van der Waals surface area contributed by atoms with Crippen LogP contribution in [0.5, 0.6) is 0 Å². The highest BCUT2D eigenvalue weighted by Crippen LogP contribution is 2.25. The molecular formula is C14H8BrN3. The van der Waals surface area contributed by atoms with Crippen LogP contribution in [0.1, 0.15) is 5.56 Å². The standard InChI is InChI=1S/C14H8BrN3/c15-11-4-3-7-13(10(11)8-16)18-9-17-12-5-1-2-6-14(12)18/h1-7,9H. The van der Waals surface area contributed by atoms with Crippen molar-refractivity contribution in [3.8, 4) is 11.8 Å². The lowest BCUT2D eigenvalue weighted by atomic mass is 10.2. The fourth-order valence-corrected chi connectivity index (χ4v) is 2.42. The highest BCUT2D eigenvalue weighted by atomic mass is 79.9. The molecule has 0 saturated heterocycles. The minimum absolute atomic E-state index is 0.612. The lowest BCUT2D eigenvalue weighted by Crippen LogP contribution is -1.96. The van der Waals surface area contributed by atoms with Crippen molar-refractivity contribution in [3.05, 3.63) is 58.8 Å². The van der Waals surface area contributed by atoms with Crippen LogP contribution in [0.15, 0.2) is 53.3 Å². The monoisotopic (exact) mass is 297 g/mol. The molecule has 0 spiro atoms. The van der Waals surface area contributed by atoms with Crippen LogP contribution in [0.3, 0.4) is 0 Å². The number of rotatable bonds is 1. The number of nitriles is 1. The van der Waals surface area contributed by atoms with Gasteiger partial charge in [-0.3, -0.25) is 4.57 Å². The van der Waals surface area contributed by atoms with Crippen molar-refractivity contribution in [2.45, 2.75) is 0 Å². The Morgan fingerprint density at radius 3 is 2.78 bits per heavy atom. The lowest BCUT2D eigenvalue weighted by molar-refractivity contribution is 1.08. The number of benzene rings is 2. The molecule has 18 heavy (non-hydrogen) atoms. The third-order valence-electron chi connectivity index (χ3n) is 2.82. The molecule has 3 nitrogen and oxygen atoms in total. The Balaban J connectivity index is 2.34. The third kappa shape index (κ3) is 1.60. The van der Waals surface area contributed by atoms with Gasteiger partial charge in [0.25, 0.3) is 0 Å². The summed E-state index contributed by atoms with van der Waals surface area (Å²) in [5.41, 5.74) is 3.36. The second-order valence-electron chi connectivity index (χ2n) is 3.85. The van der Waals surface area contributed by atoms with Crippen molar-refractivity contribution in [1.29, 1.82) is 5.26 Å². The summed E-state index contributed by atoms with van der Waals surface area (Å²) in [5, 5.41) is 9.26. The molecule has 4 heteroatoms. The van der Waals surface area contributed by atoms with Gasteiger partial charge in [-0.15, -0.1) is 0 Å². The highest BCUT2D eigenvalue weighted by molar-refractivity contribution is 9.10. The van der Waals surface area contributed by atoms with Crippen LogP contribution in [0, 0.1) is 11.3 Å².